The van der Waals surface area contributed by atoms with Crippen molar-refractivity contribution < 1.29 is 4.79 Å². The monoisotopic (exact) mass is 422 g/mol. The molecule has 2 rings (SSSR count). The summed E-state index contributed by atoms with van der Waals surface area (Å²) < 4.78 is 1.13. The first-order valence-corrected chi connectivity index (χ1v) is 9.46. The first kappa shape index (κ1) is 17.3. The molecule has 0 unspecified atom stereocenters. The minimum atomic E-state index is 0.0396. The summed E-state index contributed by atoms with van der Waals surface area (Å²) >= 11 is 4.12. The topological polar surface area (TPSA) is 17.1 Å². The molecule has 0 aliphatic carbocycles. The Morgan fingerprint density at radius 3 is 2.41 bits per heavy atom. The van der Waals surface area contributed by atoms with E-state index in [9.17, 15) is 4.79 Å². The molecule has 0 aliphatic heterocycles. The number of benzene rings is 2. The molecule has 2 aromatic carbocycles. The summed E-state index contributed by atoms with van der Waals surface area (Å²) in [7, 11) is 0. The lowest BCUT2D eigenvalue weighted by atomic mass is 10.1. The van der Waals surface area contributed by atoms with Crippen molar-refractivity contribution in [3.63, 3.8) is 0 Å². The fourth-order valence-electron chi connectivity index (χ4n) is 1.89. The van der Waals surface area contributed by atoms with Gasteiger partial charge in [0.15, 0.2) is 5.78 Å². The van der Waals surface area contributed by atoms with E-state index in [1.807, 2.05) is 42.1 Å². The molecule has 1 nitrogen and oxygen atoms in total. The van der Waals surface area contributed by atoms with E-state index in [0.29, 0.717) is 0 Å². The third-order valence-corrected chi connectivity index (χ3v) is 5.02. The summed E-state index contributed by atoms with van der Waals surface area (Å²) in [6.07, 6.45) is 5.99. The molecule has 114 valence electrons. The number of thioether (sulfide) groups is 1. The predicted molar refractivity (Wildman–Crippen MR) is 105 cm³/mol. The van der Waals surface area contributed by atoms with Gasteiger partial charge in [-0.2, -0.15) is 0 Å². The smallest absolute Gasteiger partial charge is 0.185 e. The molecule has 0 saturated carbocycles. The van der Waals surface area contributed by atoms with E-state index in [2.05, 4.69) is 53.8 Å². The number of unbranched alkanes of at least 4 members (excludes halogenated alkanes) is 1. The number of halogens is 1. The van der Waals surface area contributed by atoms with Gasteiger partial charge in [-0.1, -0.05) is 43.7 Å². The highest BCUT2D eigenvalue weighted by atomic mass is 127. The minimum absolute atomic E-state index is 0.0396. The predicted octanol–water partition coefficient (Wildman–Crippen LogP) is 6.08. The van der Waals surface area contributed by atoms with Gasteiger partial charge < -0.3 is 0 Å². The van der Waals surface area contributed by atoms with E-state index in [0.717, 1.165) is 20.4 Å². The molecule has 2 aromatic rings. The molecular formula is C19H19IOS. The number of ketones is 1. The van der Waals surface area contributed by atoms with Crippen LogP contribution in [0, 0.1) is 3.57 Å². The van der Waals surface area contributed by atoms with Crippen molar-refractivity contribution in [2.24, 2.45) is 0 Å². The lowest BCUT2D eigenvalue weighted by Crippen LogP contribution is -1.93. The summed E-state index contributed by atoms with van der Waals surface area (Å²) in [5.74, 6) is 1.20. The molecule has 0 amide bonds. The molecule has 0 bridgehead atoms. The van der Waals surface area contributed by atoms with Crippen LogP contribution < -0.4 is 0 Å². The number of hydrogen-bond acceptors (Lipinski definition) is 2. The van der Waals surface area contributed by atoms with Gasteiger partial charge in [0.05, 0.1) is 0 Å². The maximum Gasteiger partial charge on any atom is 0.185 e. The highest BCUT2D eigenvalue weighted by Crippen LogP contribution is 2.20. The maximum atomic E-state index is 12.1. The Labute approximate surface area is 150 Å². The van der Waals surface area contributed by atoms with Crippen LogP contribution in [0.15, 0.2) is 59.5 Å². The van der Waals surface area contributed by atoms with Crippen molar-refractivity contribution >= 4 is 46.2 Å². The second kappa shape index (κ2) is 9.16. The van der Waals surface area contributed by atoms with Gasteiger partial charge >= 0.3 is 0 Å². The molecule has 3 heteroatoms. The minimum Gasteiger partial charge on any atom is -0.289 e. The summed E-state index contributed by atoms with van der Waals surface area (Å²) in [6.45, 7) is 2.21. The van der Waals surface area contributed by atoms with Crippen molar-refractivity contribution in [2.45, 2.75) is 24.7 Å². The molecule has 0 aliphatic rings. The summed E-state index contributed by atoms with van der Waals surface area (Å²) in [5.41, 5.74) is 1.78. The van der Waals surface area contributed by atoms with Crippen LogP contribution in [-0.2, 0) is 0 Å². The van der Waals surface area contributed by atoms with Crippen LogP contribution in [0.25, 0.3) is 6.08 Å². The van der Waals surface area contributed by atoms with Crippen LogP contribution in [0.3, 0.4) is 0 Å². The number of carbonyl (C=O) groups excluding carboxylic acids is 1. The number of allylic oxidation sites excluding steroid dienone is 1. The van der Waals surface area contributed by atoms with E-state index in [-0.39, 0.29) is 5.78 Å². The van der Waals surface area contributed by atoms with Gasteiger partial charge in [0.25, 0.3) is 0 Å². The molecule has 0 heterocycles. The molecule has 0 spiro atoms. The first-order chi connectivity index (χ1) is 10.7. The summed E-state index contributed by atoms with van der Waals surface area (Å²) in [4.78, 5) is 13.4. The molecule has 0 fully saturated rings. The number of carbonyl (C=O) groups is 1. The zero-order valence-corrected chi connectivity index (χ0v) is 15.6. The van der Waals surface area contributed by atoms with E-state index in [1.54, 1.807) is 6.08 Å². The van der Waals surface area contributed by atoms with Crippen LogP contribution in [0.1, 0.15) is 35.7 Å². The Kier molecular flexibility index (Phi) is 7.19. The Balaban J connectivity index is 1.95. The fraction of sp³-hybridized carbons (Fsp3) is 0.211. The van der Waals surface area contributed by atoms with E-state index < -0.39 is 0 Å². The SMILES string of the molecule is CCCCSc1ccc(C=CC(=O)c2ccc(I)cc2)cc1. The summed E-state index contributed by atoms with van der Waals surface area (Å²) in [5, 5.41) is 0. The molecule has 0 atom stereocenters. The van der Waals surface area contributed by atoms with Crippen LogP contribution in [-0.4, -0.2) is 11.5 Å². The third kappa shape index (κ3) is 5.61. The van der Waals surface area contributed by atoms with Crippen molar-refractivity contribution in [1.82, 2.24) is 0 Å². The zero-order chi connectivity index (χ0) is 15.8. The normalized spacial score (nSPS) is 11.0. The van der Waals surface area contributed by atoms with Gasteiger partial charge in [0.1, 0.15) is 0 Å². The maximum absolute atomic E-state index is 12.1. The Morgan fingerprint density at radius 1 is 1.09 bits per heavy atom. The molecule has 0 N–H and O–H groups in total. The molecule has 0 radical (unpaired) electrons. The van der Waals surface area contributed by atoms with E-state index in [4.69, 9.17) is 0 Å². The Bertz CT molecular complexity index is 629. The van der Waals surface area contributed by atoms with Gasteiger partial charge in [-0.05, 0) is 70.7 Å². The lowest BCUT2D eigenvalue weighted by molar-refractivity contribution is 0.104. The van der Waals surface area contributed by atoms with Gasteiger partial charge in [-0.15, -0.1) is 11.8 Å². The molecule has 0 saturated heterocycles. The van der Waals surface area contributed by atoms with Crippen LogP contribution in [0.5, 0.6) is 0 Å². The standard InChI is InChI=1S/C19H19IOS/c1-2-3-14-22-18-11-4-15(5-12-18)6-13-19(21)16-7-9-17(20)10-8-16/h4-13H,2-3,14H2,1H3. The van der Waals surface area contributed by atoms with Gasteiger partial charge in [0.2, 0.25) is 0 Å². The first-order valence-electron chi connectivity index (χ1n) is 7.40. The van der Waals surface area contributed by atoms with Crippen molar-refractivity contribution in [2.75, 3.05) is 5.75 Å². The van der Waals surface area contributed by atoms with Crippen LogP contribution in [0.4, 0.5) is 0 Å². The quantitative estimate of drug-likeness (QED) is 0.177. The van der Waals surface area contributed by atoms with E-state index >= 15 is 0 Å². The lowest BCUT2D eigenvalue weighted by Gasteiger charge is -2.01. The van der Waals surface area contributed by atoms with Gasteiger partial charge in [-0.3, -0.25) is 4.79 Å². The van der Waals surface area contributed by atoms with Gasteiger partial charge in [0, 0.05) is 14.0 Å². The van der Waals surface area contributed by atoms with Gasteiger partial charge in [-0.25, -0.2) is 0 Å². The van der Waals surface area contributed by atoms with Crippen molar-refractivity contribution in [1.29, 1.82) is 0 Å². The second-order valence-electron chi connectivity index (χ2n) is 4.98. The molecular weight excluding hydrogens is 403 g/mol. The van der Waals surface area contributed by atoms with Crippen LogP contribution >= 0.6 is 34.4 Å². The number of hydrogen-bond donors (Lipinski definition) is 0. The van der Waals surface area contributed by atoms with Crippen molar-refractivity contribution in [3.8, 4) is 0 Å². The third-order valence-electron chi connectivity index (χ3n) is 3.20. The molecule has 0 aromatic heterocycles. The highest BCUT2D eigenvalue weighted by Gasteiger charge is 2.01. The second-order valence-corrected chi connectivity index (χ2v) is 7.39. The molecule has 22 heavy (non-hydrogen) atoms. The Morgan fingerprint density at radius 2 is 1.77 bits per heavy atom. The summed E-state index contributed by atoms with van der Waals surface area (Å²) in [6, 6.07) is 16.0. The fourth-order valence-corrected chi connectivity index (χ4v) is 3.25. The Hall–Kier alpha value is -1.07. The van der Waals surface area contributed by atoms with E-state index in [1.165, 1.54) is 17.7 Å². The zero-order valence-electron chi connectivity index (χ0n) is 12.6. The highest BCUT2D eigenvalue weighted by molar-refractivity contribution is 14.1. The average Bonchev–Trinajstić information content (AvgIpc) is 2.55. The number of rotatable bonds is 7. The van der Waals surface area contributed by atoms with Crippen molar-refractivity contribution in [3.05, 3.63) is 69.3 Å². The average molecular weight is 422 g/mol. The largest absolute Gasteiger partial charge is 0.289 e. The van der Waals surface area contributed by atoms with Crippen LogP contribution in [0.2, 0.25) is 0 Å².